The van der Waals surface area contributed by atoms with Gasteiger partial charge in [0.25, 0.3) is 5.91 Å². The maximum Gasteiger partial charge on any atom is 0.271 e. The molecule has 0 radical (unpaired) electrons. The topological polar surface area (TPSA) is 110 Å². The fourth-order valence-corrected chi connectivity index (χ4v) is 4.88. The van der Waals surface area contributed by atoms with Gasteiger partial charge in [0.1, 0.15) is 23.4 Å². The first-order valence-electron chi connectivity index (χ1n) is 11.9. The molecule has 6 rings (SSSR count). The number of rotatable bonds is 7. The van der Waals surface area contributed by atoms with E-state index in [0.717, 1.165) is 53.4 Å². The molecule has 2 saturated carbocycles. The van der Waals surface area contributed by atoms with Gasteiger partial charge in [0, 0.05) is 42.8 Å². The second-order valence-corrected chi connectivity index (χ2v) is 9.31. The highest BCUT2D eigenvalue weighted by atomic mass is 16.2. The van der Waals surface area contributed by atoms with Crippen LogP contribution in [-0.4, -0.2) is 51.8 Å². The molecule has 0 spiro atoms. The van der Waals surface area contributed by atoms with Gasteiger partial charge in [-0.3, -0.25) is 9.48 Å². The van der Waals surface area contributed by atoms with Crippen molar-refractivity contribution in [3.63, 3.8) is 0 Å². The zero-order valence-electron chi connectivity index (χ0n) is 19.6. The molecule has 0 bridgehead atoms. The van der Waals surface area contributed by atoms with Gasteiger partial charge in [0.15, 0.2) is 11.6 Å². The molecule has 0 aromatic carbocycles. The van der Waals surface area contributed by atoms with Crippen LogP contribution >= 0.6 is 0 Å². The van der Waals surface area contributed by atoms with Crippen LogP contribution in [0, 0.1) is 18.3 Å². The lowest BCUT2D eigenvalue weighted by Gasteiger charge is -2.22. The molecule has 10 heteroatoms. The van der Waals surface area contributed by atoms with Gasteiger partial charge in [-0.15, -0.1) is 0 Å². The highest BCUT2D eigenvalue weighted by molar-refractivity contribution is 6.10. The molecule has 0 unspecified atom stereocenters. The van der Waals surface area contributed by atoms with Crippen molar-refractivity contribution in [2.24, 2.45) is 7.05 Å². The molecule has 174 valence electrons. The van der Waals surface area contributed by atoms with Gasteiger partial charge in [-0.05, 0) is 45.6 Å². The maximum atomic E-state index is 13.7. The Labute approximate surface area is 196 Å². The molecule has 2 aliphatic carbocycles. The van der Waals surface area contributed by atoms with E-state index in [4.69, 9.17) is 10.2 Å². The molecule has 4 aromatic heterocycles. The first kappa shape index (κ1) is 20.7. The van der Waals surface area contributed by atoms with Crippen molar-refractivity contribution in [3.05, 3.63) is 29.8 Å². The predicted molar refractivity (Wildman–Crippen MR) is 128 cm³/mol. The summed E-state index contributed by atoms with van der Waals surface area (Å²) in [5, 5.41) is 17.7. The second kappa shape index (κ2) is 7.58. The number of fused-ring (bicyclic) bond motifs is 3. The average molecular weight is 458 g/mol. The lowest BCUT2D eigenvalue weighted by molar-refractivity contribution is 0.0719. The summed E-state index contributed by atoms with van der Waals surface area (Å²) in [5.74, 6) is 1.30. The van der Waals surface area contributed by atoms with E-state index in [9.17, 15) is 4.79 Å². The van der Waals surface area contributed by atoms with Crippen molar-refractivity contribution >= 4 is 39.6 Å². The molecule has 0 saturated heterocycles. The Morgan fingerprint density at radius 3 is 2.65 bits per heavy atom. The maximum absolute atomic E-state index is 13.7. The fourth-order valence-electron chi connectivity index (χ4n) is 4.88. The predicted octanol–water partition coefficient (Wildman–Crippen LogP) is 3.48. The summed E-state index contributed by atoms with van der Waals surface area (Å²) in [5.41, 5.74) is 3.97. The normalized spacial score (nSPS) is 15.7. The highest BCUT2D eigenvalue weighted by Gasteiger charge is 2.43. The van der Waals surface area contributed by atoms with Crippen LogP contribution in [-0.2, 0) is 20.1 Å². The van der Waals surface area contributed by atoms with Gasteiger partial charge >= 0.3 is 0 Å². The van der Waals surface area contributed by atoms with Crippen LogP contribution in [0.3, 0.4) is 0 Å². The Balaban J connectivity index is 1.49. The van der Waals surface area contributed by atoms with E-state index in [1.54, 1.807) is 11.0 Å². The van der Waals surface area contributed by atoms with Gasteiger partial charge < -0.3 is 19.4 Å². The summed E-state index contributed by atoms with van der Waals surface area (Å²) in [6.45, 7) is 4.78. The van der Waals surface area contributed by atoms with Gasteiger partial charge in [-0.25, -0.2) is 9.97 Å². The van der Waals surface area contributed by atoms with Crippen molar-refractivity contribution in [1.29, 1.82) is 5.26 Å². The summed E-state index contributed by atoms with van der Waals surface area (Å²) in [7, 11) is 1.95. The van der Waals surface area contributed by atoms with Crippen LogP contribution in [0.25, 0.3) is 22.1 Å². The van der Waals surface area contributed by atoms with Crippen LogP contribution in [0.4, 0.5) is 11.6 Å². The molecule has 1 N–H and O–H groups in total. The minimum absolute atomic E-state index is 0.112. The van der Waals surface area contributed by atoms with E-state index in [0.29, 0.717) is 36.0 Å². The first-order chi connectivity index (χ1) is 16.5. The third-order valence-corrected chi connectivity index (χ3v) is 6.80. The number of aryl methyl sites for hydroxylation is 3. The summed E-state index contributed by atoms with van der Waals surface area (Å²) < 4.78 is 5.64. The van der Waals surface area contributed by atoms with Gasteiger partial charge in [-0.1, -0.05) is 0 Å². The van der Waals surface area contributed by atoms with Crippen LogP contribution in [0.15, 0.2) is 18.5 Å². The third-order valence-electron chi connectivity index (χ3n) is 6.80. The molecule has 2 aliphatic rings. The fraction of sp³-hybridized carbons (Fsp3) is 0.458. The molecule has 0 aliphatic heterocycles. The van der Waals surface area contributed by atoms with Crippen molar-refractivity contribution in [2.45, 2.75) is 64.7 Å². The standard InChI is InChI=1S/C24H27N9O/c1-4-31-18(24(34)33(15-5-6-15)16-7-8-16)12-17-21-20(26-13-30(21)3)22(28-23(17)31)27-19-11-14(2)32(29-19)10-9-25/h11-13,15-16H,4-8,10H2,1-3H3,(H,27,28,29). The number of carbonyl (C=O) groups is 1. The molecule has 0 atom stereocenters. The van der Waals surface area contributed by atoms with Gasteiger partial charge in [0.05, 0.1) is 17.9 Å². The van der Waals surface area contributed by atoms with Crippen molar-refractivity contribution in [1.82, 2.24) is 33.8 Å². The minimum atomic E-state index is 0.112. The molecule has 4 aromatic rings. The Morgan fingerprint density at radius 1 is 1.26 bits per heavy atom. The second-order valence-electron chi connectivity index (χ2n) is 9.31. The van der Waals surface area contributed by atoms with E-state index >= 15 is 0 Å². The lowest BCUT2D eigenvalue weighted by Crippen LogP contribution is -2.36. The van der Waals surface area contributed by atoms with Crippen molar-refractivity contribution in [2.75, 3.05) is 5.32 Å². The van der Waals surface area contributed by atoms with E-state index in [1.807, 2.05) is 42.2 Å². The number of pyridine rings is 1. The zero-order valence-corrected chi connectivity index (χ0v) is 19.6. The minimum Gasteiger partial charge on any atom is -0.333 e. The Bertz CT molecular complexity index is 1460. The molecule has 4 heterocycles. The summed E-state index contributed by atoms with van der Waals surface area (Å²) in [4.78, 5) is 25.3. The summed E-state index contributed by atoms with van der Waals surface area (Å²) >= 11 is 0. The molecular weight excluding hydrogens is 430 g/mol. The number of hydrogen-bond donors (Lipinski definition) is 1. The van der Waals surface area contributed by atoms with E-state index < -0.39 is 0 Å². The number of anilines is 2. The smallest absolute Gasteiger partial charge is 0.271 e. The number of imidazole rings is 1. The number of nitrogens with one attached hydrogen (secondary N) is 1. The quantitative estimate of drug-likeness (QED) is 0.455. The lowest BCUT2D eigenvalue weighted by atomic mass is 10.2. The summed E-state index contributed by atoms with van der Waals surface area (Å²) in [6.07, 6.45) is 6.17. The Kier molecular flexibility index (Phi) is 4.62. The van der Waals surface area contributed by atoms with Crippen molar-refractivity contribution in [3.8, 4) is 6.07 Å². The van der Waals surface area contributed by atoms with Crippen LogP contribution in [0.5, 0.6) is 0 Å². The molecule has 10 nitrogen and oxygen atoms in total. The zero-order chi connectivity index (χ0) is 23.6. The van der Waals surface area contributed by atoms with Crippen LogP contribution in [0.2, 0.25) is 0 Å². The molecular formula is C24H27N9O. The van der Waals surface area contributed by atoms with Crippen LogP contribution in [0.1, 0.15) is 48.8 Å². The van der Waals surface area contributed by atoms with E-state index in [-0.39, 0.29) is 12.5 Å². The largest absolute Gasteiger partial charge is 0.333 e. The number of carbonyl (C=O) groups excluding carboxylic acids is 1. The van der Waals surface area contributed by atoms with E-state index in [2.05, 4.69) is 26.4 Å². The third kappa shape index (κ3) is 3.22. The van der Waals surface area contributed by atoms with Gasteiger partial charge in [0.2, 0.25) is 0 Å². The number of nitrogens with zero attached hydrogens (tertiary/aromatic N) is 8. The average Bonchev–Trinajstić information content (AvgIpc) is 3.73. The SMILES string of the molecule is CCn1c(C(=O)N(C2CC2)C2CC2)cc2c3c(ncn3C)c(Nc3cc(C)n(CC#N)n3)nc21. The number of hydrogen-bond acceptors (Lipinski definition) is 6. The molecule has 2 fully saturated rings. The Morgan fingerprint density at radius 2 is 2.00 bits per heavy atom. The highest BCUT2D eigenvalue weighted by Crippen LogP contribution is 2.39. The number of nitriles is 1. The van der Waals surface area contributed by atoms with Crippen LogP contribution < -0.4 is 5.32 Å². The molecule has 34 heavy (non-hydrogen) atoms. The van der Waals surface area contributed by atoms with Gasteiger partial charge in [-0.2, -0.15) is 10.4 Å². The monoisotopic (exact) mass is 457 g/mol. The Hall–Kier alpha value is -3.87. The number of aromatic nitrogens is 6. The van der Waals surface area contributed by atoms with E-state index in [1.165, 1.54) is 0 Å². The first-order valence-corrected chi connectivity index (χ1v) is 11.9. The van der Waals surface area contributed by atoms with Crippen molar-refractivity contribution < 1.29 is 4.79 Å². The molecule has 1 amide bonds. The number of amides is 1. The summed E-state index contributed by atoms with van der Waals surface area (Å²) in [6, 6.07) is 6.77.